The van der Waals surface area contributed by atoms with Crippen LogP contribution in [-0.2, 0) is 4.79 Å². The van der Waals surface area contributed by atoms with Crippen molar-refractivity contribution in [3.05, 3.63) is 0 Å². The lowest BCUT2D eigenvalue weighted by Gasteiger charge is -2.39. The lowest BCUT2D eigenvalue weighted by atomic mass is 9.97. The lowest BCUT2D eigenvalue weighted by Crippen LogP contribution is -2.50. The van der Waals surface area contributed by atoms with E-state index in [4.69, 9.17) is 0 Å². The zero-order chi connectivity index (χ0) is 10.8. The van der Waals surface area contributed by atoms with Crippen LogP contribution in [0.1, 0.15) is 46.0 Å². The monoisotopic (exact) mass is 210 g/mol. The summed E-state index contributed by atoms with van der Waals surface area (Å²) in [5, 5.41) is 3.30. The molecular weight excluding hydrogens is 188 g/mol. The highest BCUT2D eigenvalue weighted by atomic mass is 16.2. The van der Waals surface area contributed by atoms with Gasteiger partial charge in [0.05, 0.1) is 6.54 Å². The van der Waals surface area contributed by atoms with Crippen LogP contribution in [0.15, 0.2) is 0 Å². The summed E-state index contributed by atoms with van der Waals surface area (Å²) in [5.74, 6) is 0.293. The normalized spacial score (nSPS) is 31.7. The summed E-state index contributed by atoms with van der Waals surface area (Å²) in [4.78, 5) is 14.1. The minimum atomic E-state index is 0.293. The third-order valence-electron chi connectivity index (χ3n) is 3.60. The smallest absolute Gasteiger partial charge is 0.237 e. The summed E-state index contributed by atoms with van der Waals surface area (Å²) >= 11 is 0. The Morgan fingerprint density at radius 3 is 2.33 bits per heavy atom. The summed E-state index contributed by atoms with van der Waals surface area (Å²) < 4.78 is 0. The van der Waals surface area contributed by atoms with Crippen LogP contribution >= 0.6 is 0 Å². The van der Waals surface area contributed by atoms with Gasteiger partial charge >= 0.3 is 0 Å². The number of amides is 1. The molecule has 1 heterocycles. The fraction of sp³-hybridized carbons (Fsp3) is 0.917. The van der Waals surface area contributed by atoms with Gasteiger partial charge in [-0.05, 0) is 46.0 Å². The van der Waals surface area contributed by atoms with Gasteiger partial charge in [0.25, 0.3) is 0 Å². The van der Waals surface area contributed by atoms with E-state index >= 15 is 0 Å². The first-order chi connectivity index (χ1) is 7.18. The molecule has 3 heteroatoms. The van der Waals surface area contributed by atoms with Gasteiger partial charge < -0.3 is 10.2 Å². The summed E-state index contributed by atoms with van der Waals surface area (Å²) in [7, 11) is 0. The van der Waals surface area contributed by atoms with Crippen molar-refractivity contribution in [3.63, 3.8) is 0 Å². The van der Waals surface area contributed by atoms with Crippen LogP contribution < -0.4 is 5.32 Å². The van der Waals surface area contributed by atoms with Crippen LogP contribution in [0.25, 0.3) is 0 Å². The van der Waals surface area contributed by atoms with Gasteiger partial charge in [-0.2, -0.15) is 0 Å². The van der Waals surface area contributed by atoms with Crippen molar-refractivity contribution in [2.45, 2.75) is 64.1 Å². The molecule has 1 aliphatic heterocycles. The van der Waals surface area contributed by atoms with Crippen molar-refractivity contribution in [2.24, 2.45) is 0 Å². The van der Waals surface area contributed by atoms with E-state index < -0.39 is 0 Å². The number of hydrogen-bond donors (Lipinski definition) is 1. The first-order valence-electron chi connectivity index (χ1n) is 6.23. The molecule has 1 N–H and O–H groups in total. The minimum Gasteiger partial charge on any atom is -0.336 e. The number of carbonyl (C=O) groups excluding carboxylic acids is 1. The molecule has 0 aromatic carbocycles. The Bertz CT molecular complexity index is 228. The lowest BCUT2D eigenvalue weighted by molar-refractivity contribution is -0.136. The van der Waals surface area contributed by atoms with Crippen molar-refractivity contribution in [1.82, 2.24) is 10.2 Å². The maximum Gasteiger partial charge on any atom is 0.237 e. The first-order valence-corrected chi connectivity index (χ1v) is 6.23. The summed E-state index contributed by atoms with van der Waals surface area (Å²) in [6.07, 6.45) is 6.10. The number of piperidine rings is 1. The molecule has 0 radical (unpaired) electrons. The third kappa shape index (κ3) is 2.71. The maximum atomic E-state index is 12.0. The van der Waals surface area contributed by atoms with Gasteiger partial charge in [0.1, 0.15) is 0 Å². The van der Waals surface area contributed by atoms with Crippen LogP contribution in [0.2, 0.25) is 0 Å². The van der Waals surface area contributed by atoms with Crippen LogP contribution in [0.5, 0.6) is 0 Å². The number of likely N-dealkylation sites (tertiary alicyclic amines) is 1. The Balaban J connectivity index is 1.84. The van der Waals surface area contributed by atoms with Crippen molar-refractivity contribution in [2.75, 3.05) is 6.54 Å². The Labute approximate surface area is 92.2 Å². The van der Waals surface area contributed by atoms with Crippen molar-refractivity contribution in [3.8, 4) is 0 Å². The molecule has 0 spiro atoms. The molecule has 86 valence electrons. The van der Waals surface area contributed by atoms with Crippen LogP contribution in [0, 0.1) is 0 Å². The van der Waals surface area contributed by atoms with E-state index in [0.29, 0.717) is 30.6 Å². The average Bonchev–Trinajstić information content (AvgIpc) is 2.97. The third-order valence-corrected chi connectivity index (χ3v) is 3.60. The zero-order valence-electron chi connectivity index (χ0n) is 9.83. The number of carbonyl (C=O) groups is 1. The van der Waals surface area contributed by atoms with Gasteiger partial charge in [-0.3, -0.25) is 4.79 Å². The average molecular weight is 210 g/mol. The van der Waals surface area contributed by atoms with Gasteiger partial charge in [0, 0.05) is 18.1 Å². The fourth-order valence-electron chi connectivity index (χ4n) is 2.52. The van der Waals surface area contributed by atoms with Gasteiger partial charge in [-0.1, -0.05) is 0 Å². The number of rotatable bonds is 3. The maximum absolute atomic E-state index is 12.0. The molecule has 0 aromatic rings. The molecular formula is C12H22N2O. The molecule has 3 nitrogen and oxygen atoms in total. The topological polar surface area (TPSA) is 32.3 Å². The number of hydrogen-bond acceptors (Lipinski definition) is 2. The molecule has 15 heavy (non-hydrogen) atoms. The molecule has 2 fully saturated rings. The number of nitrogens with one attached hydrogen (secondary N) is 1. The second kappa shape index (κ2) is 4.52. The molecule has 0 bridgehead atoms. The Kier molecular flexibility index (Phi) is 3.29. The van der Waals surface area contributed by atoms with Crippen LogP contribution in [0.4, 0.5) is 0 Å². The standard InChI is InChI=1S/C12H22N2O/c1-9-4-3-5-10(2)14(9)12(15)8-13-11-6-7-11/h9-11,13H,3-8H2,1-2H3/t9-,10-/m1/s1. The molecule has 2 aliphatic rings. The van der Waals surface area contributed by atoms with Crippen molar-refractivity contribution >= 4 is 5.91 Å². The molecule has 2 rings (SSSR count). The van der Waals surface area contributed by atoms with E-state index in [0.717, 1.165) is 0 Å². The molecule has 0 unspecified atom stereocenters. The van der Waals surface area contributed by atoms with Crippen molar-refractivity contribution in [1.29, 1.82) is 0 Å². The summed E-state index contributed by atoms with van der Waals surface area (Å²) in [6.45, 7) is 4.88. The van der Waals surface area contributed by atoms with Gasteiger partial charge in [-0.25, -0.2) is 0 Å². The SMILES string of the molecule is C[C@@H]1CCC[C@@H](C)N1C(=O)CNC1CC1. The van der Waals surface area contributed by atoms with Crippen molar-refractivity contribution < 1.29 is 4.79 Å². The zero-order valence-corrected chi connectivity index (χ0v) is 9.83. The van der Waals surface area contributed by atoms with E-state index in [1.165, 1.54) is 32.1 Å². The first kappa shape index (κ1) is 10.9. The predicted molar refractivity (Wildman–Crippen MR) is 60.6 cm³/mol. The molecule has 1 saturated heterocycles. The van der Waals surface area contributed by atoms with E-state index in [1.54, 1.807) is 0 Å². The quantitative estimate of drug-likeness (QED) is 0.766. The Morgan fingerprint density at radius 1 is 1.20 bits per heavy atom. The van der Waals surface area contributed by atoms with Gasteiger partial charge in [0.2, 0.25) is 5.91 Å². The molecule has 1 aliphatic carbocycles. The van der Waals surface area contributed by atoms with Gasteiger partial charge in [0.15, 0.2) is 0 Å². The highest BCUT2D eigenvalue weighted by Crippen LogP contribution is 2.23. The highest BCUT2D eigenvalue weighted by Gasteiger charge is 2.29. The summed E-state index contributed by atoms with van der Waals surface area (Å²) in [5.41, 5.74) is 0. The predicted octanol–water partition coefficient (Wildman–Crippen LogP) is 1.53. The Hall–Kier alpha value is -0.570. The second-order valence-electron chi connectivity index (χ2n) is 5.09. The molecule has 2 atom stereocenters. The van der Waals surface area contributed by atoms with E-state index in [-0.39, 0.29) is 0 Å². The van der Waals surface area contributed by atoms with Crippen LogP contribution in [0.3, 0.4) is 0 Å². The molecule has 0 aromatic heterocycles. The van der Waals surface area contributed by atoms with E-state index in [9.17, 15) is 4.79 Å². The fourth-order valence-corrected chi connectivity index (χ4v) is 2.52. The minimum absolute atomic E-state index is 0.293. The van der Waals surface area contributed by atoms with E-state index in [1.807, 2.05) is 0 Å². The highest BCUT2D eigenvalue weighted by molar-refractivity contribution is 5.79. The molecule has 1 amide bonds. The Morgan fingerprint density at radius 2 is 1.80 bits per heavy atom. The molecule has 1 saturated carbocycles. The van der Waals surface area contributed by atoms with Gasteiger partial charge in [-0.15, -0.1) is 0 Å². The number of nitrogens with zero attached hydrogens (tertiary/aromatic N) is 1. The second-order valence-corrected chi connectivity index (χ2v) is 5.09. The van der Waals surface area contributed by atoms with E-state index in [2.05, 4.69) is 24.1 Å². The summed E-state index contributed by atoms with van der Waals surface area (Å²) in [6, 6.07) is 1.49. The van der Waals surface area contributed by atoms with Crippen LogP contribution in [-0.4, -0.2) is 35.5 Å². The largest absolute Gasteiger partial charge is 0.336 e.